The summed E-state index contributed by atoms with van der Waals surface area (Å²) in [5, 5.41) is 0. The molecule has 0 spiro atoms. The second-order valence-corrected chi connectivity index (χ2v) is 6.14. The lowest BCUT2D eigenvalue weighted by Crippen LogP contribution is -2.06. The second kappa shape index (κ2) is 6.92. The highest BCUT2D eigenvalue weighted by Crippen LogP contribution is 2.37. The number of hydrogen-bond acceptors (Lipinski definition) is 0. The van der Waals surface area contributed by atoms with Crippen LogP contribution in [0.2, 0.25) is 0 Å². The highest BCUT2D eigenvalue weighted by Gasteiger charge is 2.28. The van der Waals surface area contributed by atoms with Crippen molar-refractivity contribution in [1.29, 1.82) is 0 Å². The van der Waals surface area contributed by atoms with Gasteiger partial charge < -0.3 is 0 Å². The first-order chi connectivity index (χ1) is 13.0. The normalized spacial score (nSPS) is 11.2. The number of hydrogen-bond donors (Lipinski definition) is 0. The maximum atomic E-state index is 14.5. The van der Waals surface area contributed by atoms with Crippen molar-refractivity contribution in [3.63, 3.8) is 0 Å². The Morgan fingerprint density at radius 2 is 0.786 bits per heavy atom. The van der Waals surface area contributed by atoms with E-state index in [-0.39, 0.29) is 16.7 Å². The highest BCUT2D eigenvalue weighted by molar-refractivity contribution is 5.73. The van der Waals surface area contributed by atoms with Crippen molar-refractivity contribution in [2.24, 2.45) is 0 Å². The summed E-state index contributed by atoms with van der Waals surface area (Å²) in [6.45, 7) is 1.92. The molecule has 146 valence electrons. The van der Waals surface area contributed by atoms with Crippen molar-refractivity contribution >= 4 is 0 Å². The van der Waals surface area contributed by atoms with E-state index in [9.17, 15) is 35.1 Å². The molecule has 0 aliphatic rings. The Bertz CT molecular complexity index is 1040. The predicted octanol–water partition coefficient (Wildman–Crippen LogP) is 6.75. The zero-order chi connectivity index (χ0) is 20.9. The summed E-state index contributed by atoms with van der Waals surface area (Å²) in [5.74, 6) is -12.6. The Morgan fingerprint density at radius 3 is 1.18 bits per heavy atom. The first-order valence-electron chi connectivity index (χ1n) is 7.82. The van der Waals surface area contributed by atoms with E-state index in [0.29, 0.717) is 12.1 Å². The van der Waals surface area contributed by atoms with E-state index < -0.39 is 63.2 Å². The van der Waals surface area contributed by atoms with Crippen LogP contribution in [-0.2, 0) is 0 Å². The van der Waals surface area contributed by atoms with Gasteiger partial charge in [0.1, 0.15) is 23.3 Å². The van der Waals surface area contributed by atoms with Gasteiger partial charge in [0.2, 0.25) is 0 Å². The van der Waals surface area contributed by atoms with Crippen LogP contribution in [0.5, 0.6) is 0 Å². The van der Waals surface area contributed by atoms with Crippen molar-refractivity contribution in [3.8, 4) is 22.3 Å². The van der Waals surface area contributed by atoms with Gasteiger partial charge in [0, 0.05) is 11.1 Å². The molecule has 0 bridgehead atoms. The Labute approximate surface area is 154 Å². The van der Waals surface area contributed by atoms with Crippen molar-refractivity contribution in [2.45, 2.75) is 13.8 Å². The molecule has 0 saturated heterocycles. The van der Waals surface area contributed by atoms with Gasteiger partial charge in [-0.25, -0.2) is 35.1 Å². The summed E-state index contributed by atoms with van der Waals surface area (Å²) in [7, 11) is 0. The van der Waals surface area contributed by atoms with E-state index in [1.165, 1.54) is 0 Å². The van der Waals surface area contributed by atoms with E-state index in [1.807, 2.05) is 0 Å². The van der Waals surface area contributed by atoms with Gasteiger partial charge in [0.15, 0.2) is 23.3 Å². The smallest absolute Gasteiger partial charge is 0.170 e. The molecule has 3 aromatic rings. The Morgan fingerprint density at radius 1 is 0.429 bits per heavy atom. The summed E-state index contributed by atoms with van der Waals surface area (Å²) in [4.78, 5) is 0. The predicted molar refractivity (Wildman–Crippen MR) is 86.5 cm³/mol. The lowest BCUT2D eigenvalue weighted by atomic mass is 9.96. The highest BCUT2D eigenvalue weighted by atomic mass is 19.2. The second-order valence-electron chi connectivity index (χ2n) is 6.14. The minimum absolute atomic E-state index is 0.243. The molecule has 0 N–H and O–H groups in total. The van der Waals surface area contributed by atoms with Gasteiger partial charge in [-0.2, -0.15) is 0 Å². The van der Waals surface area contributed by atoms with Crippen LogP contribution in [-0.4, -0.2) is 0 Å². The molecule has 0 aliphatic heterocycles. The van der Waals surface area contributed by atoms with Crippen molar-refractivity contribution in [1.82, 2.24) is 0 Å². The third-order valence-corrected chi connectivity index (χ3v) is 4.39. The monoisotopic (exact) mass is 402 g/mol. The molecule has 0 aliphatic carbocycles. The summed E-state index contributed by atoms with van der Waals surface area (Å²) in [5.41, 5.74) is -4.77. The lowest BCUT2D eigenvalue weighted by molar-refractivity contribution is 0.447. The molecule has 8 heteroatoms. The topological polar surface area (TPSA) is 0 Å². The Kier molecular flexibility index (Phi) is 4.91. The van der Waals surface area contributed by atoms with E-state index >= 15 is 0 Å². The fourth-order valence-corrected chi connectivity index (χ4v) is 2.75. The molecule has 3 aromatic carbocycles. The largest absolute Gasteiger partial charge is 0.207 e. The molecule has 0 atom stereocenters. The standard InChI is InChI=1S/C20H10F8/c1-7-11(21)3-9(4-12(7)22)10-5-13(23)15(14(24)6-10)16-19(27)17(25)8(2)18(26)20(16)28/h3-6H,1-2H3. The van der Waals surface area contributed by atoms with Gasteiger partial charge in [0.25, 0.3) is 0 Å². The van der Waals surface area contributed by atoms with Gasteiger partial charge in [0.05, 0.1) is 11.1 Å². The number of halogens is 8. The summed E-state index contributed by atoms with van der Waals surface area (Å²) in [6, 6.07) is 2.74. The fourth-order valence-electron chi connectivity index (χ4n) is 2.75. The van der Waals surface area contributed by atoms with Crippen molar-refractivity contribution in [3.05, 3.63) is 81.9 Å². The van der Waals surface area contributed by atoms with Crippen LogP contribution in [0.25, 0.3) is 22.3 Å². The molecule has 0 amide bonds. The first kappa shape index (κ1) is 19.9. The molecular weight excluding hydrogens is 392 g/mol. The molecular formula is C20H10F8. The fraction of sp³-hybridized carbons (Fsp3) is 0.100. The van der Waals surface area contributed by atoms with Gasteiger partial charge in [-0.1, -0.05) is 0 Å². The maximum Gasteiger partial charge on any atom is 0.170 e. The van der Waals surface area contributed by atoms with Crippen molar-refractivity contribution < 1.29 is 35.1 Å². The molecule has 3 rings (SSSR count). The molecule has 0 fully saturated rings. The molecule has 0 nitrogen and oxygen atoms in total. The molecule has 0 unspecified atom stereocenters. The number of benzene rings is 3. The third kappa shape index (κ3) is 3.02. The Balaban J connectivity index is 2.26. The average Bonchev–Trinajstić information content (AvgIpc) is 2.64. The average molecular weight is 402 g/mol. The maximum absolute atomic E-state index is 14.5. The van der Waals surface area contributed by atoms with Crippen LogP contribution in [0.1, 0.15) is 11.1 Å². The minimum Gasteiger partial charge on any atom is -0.207 e. The first-order valence-corrected chi connectivity index (χ1v) is 7.82. The summed E-state index contributed by atoms with van der Waals surface area (Å²) < 4.78 is 112. The van der Waals surface area contributed by atoms with Gasteiger partial charge in [-0.05, 0) is 49.2 Å². The van der Waals surface area contributed by atoms with Crippen LogP contribution < -0.4 is 0 Å². The minimum atomic E-state index is -1.96. The molecule has 0 radical (unpaired) electrons. The van der Waals surface area contributed by atoms with Gasteiger partial charge >= 0.3 is 0 Å². The third-order valence-electron chi connectivity index (χ3n) is 4.39. The zero-order valence-corrected chi connectivity index (χ0v) is 14.3. The van der Waals surface area contributed by atoms with Crippen LogP contribution in [0.15, 0.2) is 24.3 Å². The summed E-state index contributed by atoms with van der Waals surface area (Å²) >= 11 is 0. The van der Waals surface area contributed by atoms with Gasteiger partial charge in [-0.3, -0.25) is 0 Å². The molecule has 0 saturated carbocycles. The van der Waals surface area contributed by atoms with E-state index in [0.717, 1.165) is 26.0 Å². The Hall–Kier alpha value is -2.90. The van der Waals surface area contributed by atoms with E-state index in [4.69, 9.17) is 0 Å². The van der Waals surface area contributed by atoms with Crippen LogP contribution in [0.3, 0.4) is 0 Å². The van der Waals surface area contributed by atoms with E-state index in [1.54, 1.807) is 0 Å². The SMILES string of the molecule is Cc1c(F)cc(-c2cc(F)c(-c3c(F)c(F)c(C)c(F)c3F)c(F)c2)cc1F. The van der Waals surface area contributed by atoms with Gasteiger partial charge in [-0.15, -0.1) is 0 Å². The zero-order valence-electron chi connectivity index (χ0n) is 14.3. The number of rotatable bonds is 2. The summed E-state index contributed by atoms with van der Waals surface area (Å²) in [6.07, 6.45) is 0. The lowest BCUT2D eigenvalue weighted by Gasteiger charge is -2.13. The van der Waals surface area contributed by atoms with Crippen LogP contribution in [0.4, 0.5) is 35.1 Å². The van der Waals surface area contributed by atoms with E-state index in [2.05, 4.69) is 0 Å². The molecule has 0 aromatic heterocycles. The van der Waals surface area contributed by atoms with Crippen LogP contribution in [0, 0.1) is 60.4 Å². The van der Waals surface area contributed by atoms with Crippen molar-refractivity contribution in [2.75, 3.05) is 0 Å². The molecule has 0 heterocycles. The molecule has 28 heavy (non-hydrogen) atoms. The quantitative estimate of drug-likeness (QED) is 0.329. The van der Waals surface area contributed by atoms with Crippen LogP contribution >= 0.6 is 0 Å².